The van der Waals surface area contributed by atoms with Gasteiger partial charge in [-0.05, 0) is 55.4 Å². The van der Waals surface area contributed by atoms with E-state index in [0.717, 1.165) is 12.0 Å². The van der Waals surface area contributed by atoms with Crippen LogP contribution in [0.25, 0.3) is 0 Å². The maximum absolute atomic E-state index is 12.8. The largest absolute Gasteiger partial charge is 0.243 e. The lowest BCUT2D eigenvalue weighted by Gasteiger charge is -2.34. The van der Waals surface area contributed by atoms with Crippen molar-refractivity contribution >= 4 is 21.6 Å². The average molecular weight is 316 g/mol. The van der Waals surface area contributed by atoms with E-state index in [2.05, 4.69) is 13.8 Å². The number of halogens is 1. The zero-order valence-corrected chi connectivity index (χ0v) is 14.1. The molecule has 2 rings (SSSR count). The molecule has 0 aromatic heterocycles. The number of aryl methyl sites for hydroxylation is 2. The van der Waals surface area contributed by atoms with Gasteiger partial charge in [-0.2, -0.15) is 4.31 Å². The number of hydrogen-bond donors (Lipinski definition) is 0. The molecule has 1 aliphatic heterocycles. The molecule has 5 heteroatoms. The second-order valence-electron chi connectivity index (χ2n) is 6.13. The summed E-state index contributed by atoms with van der Waals surface area (Å²) in [6, 6.07) is 3.43. The molecule has 0 amide bonds. The van der Waals surface area contributed by atoms with Gasteiger partial charge in [0.25, 0.3) is 0 Å². The molecule has 0 saturated carbocycles. The summed E-state index contributed by atoms with van der Waals surface area (Å²) >= 11 is 6.06. The molecule has 1 fully saturated rings. The van der Waals surface area contributed by atoms with E-state index in [0.29, 0.717) is 40.4 Å². The molecule has 1 saturated heterocycles. The van der Waals surface area contributed by atoms with Crippen LogP contribution in [-0.4, -0.2) is 25.8 Å². The van der Waals surface area contributed by atoms with Crippen LogP contribution in [-0.2, 0) is 10.0 Å². The fourth-order valence-corrected chi connectivity index (χ4v) is 5.16. The molecule has 0 radical (unpaired) electrons. The highest BCUT2D eigenvalue weighted by Gasteiger charge is 2.32. The lowest BCUT2D eigenvalue weighted by molar-refractivity contribution is 0.222. The molecular formula is C15H22ClNO2S. The molecule has 0 N–H and O–H groups in total. The van der Waals surface area contributed by atoms with Crippen LogP contribution in [0.5, 0.6) is 0 Å². The zero-order valence-electron chi connectivity index (χ0n) is 12.5. The van der Waals surface area contributed by atoms with Crippen LogP contribution in [0.2, 0.25) is 5.02 Å². The molecular weight excluding hydrogens is 294 g/mol. The van der Waals surface area contributed by atoms with Gasteiger partial charge in [0.2, 0.25) is 10.0 Å². The van der Waals surface area contributed by atoms with Crippen molar-refractivity contribution in [3.05, 3.63) is 28.3 Å². The fraction of sp³-hybridized carbons (Fsp3) is 0.600. The summed E-state index contributed by atoms with van der Waals surface area (Å²) in [4.78, 5) is 0.390. The van der Waals surface area contributed by atoms with Crippen molar-refractivity contribution in [2.45, 2.75) is 39.0 Å². The number of piperidine rings is 1. The Bertz CT molecular complexity index is 603. The Labute approximate surface area is 127 Å². The summed E-state index contributed by atoms with van der Waals surface area (Å²) in [6.07, 6.45) is 1.09. The molecule has 1 aliphatic rings. The minimum atomic E-state index is -3.42. The van der Waals surface area contributed by atoms with E-state index in [1.54, 1.807) is 23.4 Å². The summed E-state index contributed by atoms with van der Waals surface area (Å²) in [5.74, 6) is 0.810. The molecule has 0 aliphatic carbocycles. The highest BCUT2D eigenvalue weighted by atomic mass is 35.5. The summed E-state index contributed by atoms with van der Waals surface area (Å²) in [6.45, 7) is 9.06. The van der Waals surface area contributed by atoms with Gasteiger partial charge >= 0.3 is 0 Å². The first kappa shape index (κ1) is 15.8. The van der Waals surface area contributed by atoms with E-state index in [-0.39, 0.29) is 0 Å². The Kier molecular flexibility index (Phi) is 4.47. The van der Waals surface area contributed by atoms with E-state index in [4.69, 9.17) is 11.6 Å². The maximum Gasteiger partial charge on any atom is 0.243 e. The normalized spacial score (nSPS) is 24.9. The highest BCUT2D eigenvalue weighted by Crippen LogP contribution is 2.30. The third kappa shape index (κ3) is 3.02. The smallest absolute Gasteiger partial charge is 0.207 e. The second-order valence-corrected chi connectivity index (χ2v) is 8.45. The molecule has 20 heavy (non-hydrogen) atoms. The Hall–Kier alpha value is -0.580. The van der Waals surface area contributed by atoms with Crippen molar-refractivity contribution in [1.82, 2.24) is 4.31 Å². The topological polar surface area (TPSA) is 37.4 Å². The van der Waals surface area contributed by atoms with Gasteiger partial charge in [-0.25, -0.2) is 8.42 Å². The third-order valence-electron chi connectivity index (χ3n) is 3.91. The molecule has 1 aromatic carbocycles. The Morgan fingerprint density at radius 2 is 1.65 bits per heavy atom. The van der Waals surface area contributed by atoms with Crippen LogP contribution in [0.4, 0.5) is 0 Å². The first-order chi connectivity index (χ1) is 9.21. The first-order valence-electron chi connectivity index (χ1n) is 6.98. The molecule has 0 bridgehead atoms. The number of nitrogens with zero attached hydrogens (tertiary/aromatic N) is 1. The summed E-state index contributed by atoms with van der Waals surface area (Å²) < 4.78 is 27.3. The van der Waals surface area contributed by atoms with Crippen molar-refractivity contribution < 1.29 is 8.42 Å². The Morgan fingerprint density at radius 1 is 1.10 bits per heavy atom. The maximum atomic E-state index is 12.8. The van der Waals surface area contributed by atoms with Crippen LogP contribution in [0.3, 0.4) is 0 Å². The van der Waals surface area contributed by atoms with Gasteiger partial charge in [0.15, 0.2) is 0 Å². The van der Waals surface area contributed by atoms with Crippen molar-refractivity contribution in [3.8, 4) is 0 Å². The number of benzene rings is 1. The number of rotatable bonds is 2. The Balaban J connectivity index is 2.42. The lowest BCUT2D eigenvalue weighted by atomic mass is 9.94. The standard InChI is InChI=1S/C15H22ClNO2S/c1-10-5-11(2)9-17(8-10)20(18,19)15-7-12(3)14(16)6-13(15)4/h6-7,10-11H,5,8-9H2,1-4H3/t10-,11+. The van der Waals surface area contributed by atoms with E-state index < -0.39 is 10.0 Å². The SMILES string of the molecule is Cc1cc(S(=O)(=O)N2C[C@H](C)C[C@H](C)C2)c(C)cc1Cl. The fourth-order valence-electron chi connectivity index (χ4n) is 2.97. The van der Waals surface area contributed by atoms with Gasteiger partial charge in [0, 0.05) is 18.1 Å². The van der Waals surface area contributed by atoms with Crippen LogP contribution in [0, 0.1) is 25.7 Å². The van der Waals surface area contributed by atoms with Crippen LogP contribution in [0.15, 0.2) is 17.0 Å². The summed E-state index contributed by atoms with van der Waals surface area (Å²) in [5.41, 5.74) is 1.51. The first-order valence-corrected chi connectivity index (χ1v) is 8.80. The second kappa shape index (κ2) is 5.66. The summed E-state index contributed by atoms with van der Waals surface area (Å²) in [5, 5.41) is 0.613. The zero-order chi connectivity index (χ0) is 15.1. The van der Waals surface area contributed by atoms with Gasteiger partial charge in [-0.15, -0.1) is 0 Å². The van der Waals surface area contributed by atoms with E-state index in [9.17, 15) is 8.42 Å². The van der Waals surface area contributed by atoms with Crippen molar-refractivity contribution in [1.29, 1.82) is 0 Å². The lowest BCUT2D eigenvalue weighted by Crippen LogP contribution is -2.42. The van der Waals surface area contributed by atoms with Gasteiger partial charge in [-0.1, -0.05) is 25.4 Å². The molecule has 1 aromatic rings. The molecule has 1 heterocycles. The van der Waals surface area contributed by atoms with Gasteiger partial charge < -0.3 is 0 Å². The minimum absolute atomic E-state index is 0.390. The van der Waals surface area contributed by atoms with Crippen molar-refractivity contribution in [2.24, 2.45) is 11.8 Å². The number of sulfonamides is 1. The van der Waals surface area contributed by atoms with E-state index >= 15 is 0 Å². The van der Waals surface area contributed by atoms with Gasteiger partial charge in [0.05, 0.1) is 4.90 Å². The van der Waals surface area contributed by atoms with Crippen LogP contribution in [0.1, 0.15) is 31.4 Å². The van der Waals surface area contributed by atoms with Crippen LogP contribution >= 0.6 is 11.6 Å². The predicted molar refractivity (Wildman–Crippen MR) is 82.6 cm³/mol. The molecule has 112 valence electrons. The van der Waals surface area contributed by atoms with E-state index in [1.807, 2.05) is 6.92 Å². The van der Waals surface area contributed by atoms with Gasteiger partial charge in [-0.3, -0.25) is 0 Å². The third-order valence-corrected chi connectivity index (χ3v) is 6.29. The molecule has 2 atom stereocenters. The summed E-state index contributed by atoms with van der Waals surface area (Å²) in [7, 11) is -3.42. The van der Waals surface area contributed by atoms with Crippen molar-refractivity contribution in [2.75, 3.05) is 13.1 Å². The van der Waals surface area contributed by atoms with Crippen LogP contribution < -0.4 is 0 Å². The van der Waals surface area contributed by atoms with Crippen molar-refractivity contribution in [3.63, 3.8) is 0 Å². The van der Waals surface area contributed by atoms with E-state index in [1.165, 1.54) is 0 Å². The Morgan fingerprint density at radius 3 is 2.20 bits per heavy atom. The monoisotopic (exact) mass is 315 g/mol. The van der Waals surface area contributed by atoms with Gasteiger partial charge in [0.1, 0.15) is 0 Å². The molecule has 3 nitrogen and oxygen atoms in total. The quantitative estimate of drug-likeness (QED) is 0.836. The highest BCUT2D eigenvalue weighted by molar-refractivity contribution is 7.89. The molecule has 0 spiro atoms. The molecule has 0 unspecified atom stereocenters. The average Bonchev–Trinajstić information content (AvgIpc) is 2.32. The minimum Gasteiger partial charge on any atom is -0.207 e. The number of hydrogen-bond acceptors (Lipinski definition) is 2. The predicted octanol–water partition coefficient (Wildman–Crippen LogP) is 3.62.